The molecule has 0 aliphatic rings. The smallest absolute Gasteiger partial charge is 0.125 e. The van der Waals surface area contributed by atoms with E-state index in [4.69, 9.17) is 16.3 Å². The number of hydrogen-bond acceptors (Lipinski definition) is 2. The van der Waals surface area contributed by atoms with Gasteiger partial charge in [-0.25, -0.2) is 0 Å². The second-order valence-corrected chi connectivity index (χ2v) is 5.64. The molecule has 0 bridgehead atoms. The summed E-state index contributed by atoms with van der Waals surface area (Å²) in [5, 5.41) is 11.2. The largest absolute Gasteiger partial charge is 0.496 e. The molecule has 1 N–H and O–H groups in total. The van der Waals surface area contributed by atoms with Gasteiger partial charge >= 0.3 is 0 Å². The normalized spacial score (nSPS) is 12.3. The Morgan fingerprint density at radius 3 is 2.53 bits per heavy atom. The molecule has 100 valence electrons. The molecular formula is C15H14BrClO2. The summed E-state index contributed by atoms with van der Waals surface area (Å²) in [6, 6.07) is 11.0. The molecule has 19 heavy (non-hydrogen) atoms. The predicted molar refractivity (Wildman–Crippen MR) is 80.9 cm³/mol. The lowest BCUT2D eigenvalue weighted by atomic mass is 9.97. The number of aliphatic hydroxyl groups is 1. The van der Waals surface area contributed by atoms with Crippen molar-refractivity contribution < 1.29 is 9.84 Å². The highest BCUT2D eigenvalue weighted by atomic mass is 79.9. The van der Waals surface area contributed by atoms with Gasteiger partial charge < -0.3 is 9.84 Å². The van der Waals surface area contributed by atoms with Gasteiger partial charge in [-0.15, -0.1) is 0 Å². The van der Waals surface area contributed by atoms with Crippen molar-refractivity contribution in [2.24, 2.45) is 0 Å². The number of aliphatic hydroxyl groups excluding tert-OH is 1. The van der Waals surface area contributed by atoms with E-state index in [9.17, 15) is 5.11 Å². The van der Waals surface area contributed by atoms with E-state index in [-0.39, 0.29) is 0 Å². The third-order valence-electron chi connectivity index (χ3n) is 3.01. The third-order valence-corrected chi connectivity index (χ3v) is 3.74. The Kier molecular flexibility index (Phi) is 4.50. The van der Waals surface area contributed by atoms with Gasteiger partial charge in [0.05, 0.1) is 7.11 Å². The Morgan fingerprint density at radius 1 is 1.16 bits per heavy atom. The summed E-state index contributed by atoms with van der Waals surface area (Å²) in [4.78, 5) is 0. The number of hydrogen-bond donors (Lipinski definition) is 1. The average molecular weight is 342 g/mol. The van der Waals surface area contributed by atoms with E-state index in [1.165, 1.54) is 0 Å². The Bertz CT molecular complexity index is 599. The zero-order valence-corrected chi connectivity index (χ0v) is 13.0. The van der Waals surface area contributed by atoms with Crippen molar-refractivity contribution in [3.8, 4) is 5.75 Å². The third kappa shape index (κ3) is 3.11. The van der Waals surface area contributed by atoms with Crippen molar-refractivity contribution in [2.45, 2.75) is 13.0 Å². The van der Waals surface area contributed by atoms with Crippen molar-refractivity contribution in [2.75, 3.05) is 7.11 Å². The number of methoxy groups -OCH3 is 1. The molecular weight excluding hydrogens is 328 g/mol. The van der Waals surface area contributed by atoms with Crippen molar-refractivity contribution >= 4 is 27.5 Å². The average Bonchev–Trinajstić information content (AvgIpc) is 2.38. The maximum absolute atomic E-state index is 10.6. The predicted octanol–water partition coefficient (Wildman–Crippen LogP) is 4.50. The van der Waals surface area contributed by atoms with Gasteiger partial charge in [-0.3, -0.25) is 0 Å². The molecule has 1 atom stereocenters. The minimum Gasteiger partial charge on any atom is -0.496 e. The van der Waals surface area contributed by atoms with E-state index in [0.29, 0.717) is 10.8 Å². The van der Waals surface area contributed by atoms with Crippen molar-refractivity contribution in [1.29, 1.82) is 0 Å². The second-order valence-electron chi connectivity index (χ2n) is 4.29. The number of halogens is 2. The van der Waals surface area contributed by atoms with Gasteiger partial charge in [-0.1, -0.05) is 33.6 Å². The van der Waals surface area contributed by atoms with Gasteiger partial charge in [-0.05, 0) is 48.4 Å². The van der Waals surface area contributed by atoms with Gasteiger partial charge in [-0.2, -0.15) is 0 Å². The van der Waals surface area contributed by atoms with Crippen LogP contribution in [0.25, 0.3) is 0 Å². The summed E-state index contributed by atoms with van der Waals surface area (Å²) in [5.41, 5.74) is 2.49. The first-order valence-corrected chi connectivity index (χ1v) is 6.97. The molecule has 0 aliphatic heterocycles. The quantitative estimate of drug-likeness (QED) is 0.890. The number of ether oxygens (including phenoxy) is 1. The van der Waals surface area contributed by atoms with Crippen LogP contribution in [0.3, 0.4) is 0 Å². The molecule has 1 unspecified atom stereocenters. The minimum absolute atomic E-state index is 0.657. The lowest BCUT2D eigenvalue weighted by Gasteiger charge is -2.17. The first kappa shape index (κ1) is 14.4. The van der Waals surface area contributed by atoms with Gasteiger partial charge in [0.25, 0.3) is 0 Å². The summed E-state index contributed by atoms with van der Waals surface area (Å²) in [7, 11) is 1.59. The van der Waals surface area contributed by atoms with Gasteiger partial charge in [0, 0.05) is 15.1 Å². The molecule has 0 saturated carbocycles. The zero-order chi connectivity index (χ0) is 14.0. The molecule has 0 aliphatic carbocycles. The maximum Gasteiger partial charge on any atom is 0.125 e. The van der Waals surface area contributed by atoms with E-state index in [1.807, 2.05) is 37.3 Å². The van der Waals surface area contributed by atoms with Crippen LogP contribution in [0.15, 0.2) is 40.9 Å². The maximum atomic E-state index is 10.6. The summed E-state index contributed by atoms with van der Waals surface area (Å²) >= 11 is 9.35. The van der Waals surface area contributed by atoms with Crippen LogP contribution in [0.1, 0.15) is 22.8 Å². The molecule has 0 heterocycles. The van der Waals surface area contributed by atoms with E-state index < -0.39 is 6.10 Å². The fourth-order valence-electron chi connectivity index (χ4n) is 2.03. The Hall–Kier alpha value is -1.03. The van der Waals surface area contributed by atoms with Crippen LogP contribution in [-0.4, -0.2) is 12.2 Å². The molecule has 2 rings (SSSR count). The molecule has 4 heteroatoms. The van der Waals surface area contributed by atoms with E-state index >= 15 is 0 Å². The highest BCUT2D eigenvalue weighted by Gasteiger charge is 2.17. The monoisotopic (exact) mass is 340 g/mol. The molecule has 0 radical (unpaired) electrons. The van der Waals surface area contributed by atoms with Crippen molar-refractivity contribution in [1.82, 2.24) is 0 Å². The van der Waals surface area contributed by atoms with Gasteiger partial charge in [0.1, 0.15) is 11.9 Å². The van der Waals surface area contributed by atoms with E-state index in [0.717, 1.165) is 21.2 Å². The fourth-order valence-corrected chi connectivity index (χ4v) is 2.64. The van der Waals surface area contributed by atoms with Crippen LogP contribution in [0.4, 0.5) is 0 Å². The van der Waals surface area contributed by atoms with Crippen LogP contribution in [0, 0.1) is 6.92 Å². The highest BCUT2D eigenvalue weighted by Crippen LogP contribution is 2.34. The van der Waals surface area contributed by atoms with E-state index in [2.05, 4.69) is 15.9 Å². The first-order chi connectivity index (χ1) is 9.02. The van der Waals surface area contributed by atoms with Crippen LogP contribution in [-0.2, 0) is 0 Å². The molecule has 0 saturated heterocycles. The summed E-state index contributed by atoms with van der Waals surface area (Å²) in [6.45, 7) is 1.93. The summed E-state index contributed by atoms with van der Waals surface area (Å²) in [6.07, 6.45) is -0.746. The fraction of sp³-hybridized carbons (Fsp3) is 0.200. The molecule has 2 aromatic rings. The van der Waals surface area contributed by atoms with E-state index in [1.54, 1.807) is 13.2 Å². The van der Waals surface area contributed by atoms with Crippen molar-refractivity contribution in [3.05, 3.63) is 62.6 Å². The Labute approximate surface area is 126 Å². The van der Waals surface area contributed by atoms with Crippen LogP contribution in [0.5, 0.6) is 5.75 Å². The summed E-state index contributed by atoms with van der Waals surface area (Å²) < 4.78 is 6.20. The summed E-state index contributed by atoms with van der Waals surface area (Å²) in [5.74, 6) is 0.657. The van der Waals surface area contributed by atoms with Crippen molar-refractivity contribution in [3.63, 3.8) is 0 Å². The van der Waals surface area contributed by atoms with Crippen LogP contribution >= 0.6 is 27.5 Å². The SMILES string of the molecule is COc1ccc(Br)cc1C(O)c1ccc(Cl)cc1C. The Morgan fingerprint density at radius 2 is 1.89 bits per heavy atom. The molecule has 2 aromatic carbocycles. The molecule has 0 aromatic heterocycles. The Balaban J connectivity index is 2.49. The topological polar surface area (TPSA) is 29.5 Å². The zero-order valence-electron chi connectivity index (χ0n) is 10.7. The lowest BCUT2D eigenvalue weighted by Crippen LogP contribution is -2.04. The second kappa shape index (κ2) is 5.95. The number of aryl methyl sites for hydroxylation is 1. The standard InChI is InChI=1S/C15H14BrClO2/c1-9-7-11(17)4-5-12(9)15(18)13-8-10(16)3-6-14(13)19-2/h3-8,15,18H,1-2H3. The molecule has 0 spiro atoms. The highest BCUT2D eigenvalue weighted by molar-refractivity contribution is 9.10. The van der Waals surface area contributed by atoms with Gasteiger partial charge in [0.2, 0.25) is 0 Å². The molecule has 2 nitrogen and oxygen atoms in total. The molecule has 0 fully saturated rings. The van der Waals surface area contributed by atoms with Crippen LogP contribution in [0.2, 0.25) is 5.02 Å². The lowest BCUT2D eigenvalue weighted by molar-refractivity contribution is 0.214. The minimum atomic E-state index is -0.746. The number of rotatable bonds is 3. The first-order valence-electron chi connectivity index (χ1n) is 5.80. The van der Waals surface area contributed by atoms with Crippen LogP contribution < -0.4 is 4.74 Å². The molecule has 0 amide bonds. The number of benzene rings is 2. The van der Waals surface area contributed by atoms with Gasteiger partial charge in [0.15, 0.2) is 0 Å².